The van der Waals surface area contributed by atoms with Crippen molar-refractivity contribution in [3.05, 3.63) is 18.5 Å². The zero-order valence-electron chi connectivity index (χ0n) is 13.6. The normalized spacial score (nSPS) is 29.8. The van der Waals surface area contributed by atoms with Gasteiger partial charge in [-0.05, 0) is 44.6 Å². The summed E-state index contributed by atoms with van der Waals surface area (Å²) in [7, 11) is -3.04. The van der Waals surface area contributed by atoms with Crippen molar-refractivity contribution >= 4 is 27.5 Å². The summed E-state index contributed by atoms with van der Waals surface area (Å²) in [5, 5.41) is 4.35. The van der Waals surface area contributed by atoms with E-state index in [1.54, 1.807) is 24.2 Å². The second-order valence-electron chi connectivity index (χ2n) is 6.58. The lowest BCUT2D eigenvalue weighted by molar-refractivity contribution is -0.125. The summed E-state index contributed by atoms with van der Waals surface area (Å²) in [6.07, 6.45) is 8.65. The van der Waals surface area contributed by atoms with E-state index in [1.165, 1.54) is 0 Å². The largest absolute Gasteiger partial charge is 0.353 e. The highest BCUT2D eigenvalue weighted by Crippen LogP contribution is 2.32. The fourth-order valence-electron chi connectivity index (χ4n) is 3.37. The summed E-state index contributed by atoms with van der Waals surface area (Å²) in [6, 6.07) is 1.97. The van der Waals surface area contributed by atoms with Gasteiger partial charge in [-0.3, -0.25) is 4.79 Å². The molecule has 1 atom stereocenters. The third kappa shape index (κ3) is 4.92. The van der Waals surface area contributed by atoms with E-state index >= 15 is 0 Å². The summed E-state index contributed by atoms with van der Waals surface area (Å²) < 4.78 is 23.4. The quantitative estimate of drug-likeness (QED) is 0.815. The Kier molecular flexibility index (Phi) is 5.76. The minimum Gasteiger partial charge on any atom is -0.353 e. The maximum atomic E-state index is 12.3. The van der Waals surface area contributed by atoms with Gasteiger partial charge in [0.25, 0.3) is 0 Å². The van der Waals surface area contributed by atoms with Gasteiger partial charge >= 0.3 is 0 Å². The third-order valence-corrected chi connectivity index (χ3v) is 7.72. The minimum absolute atomic E-state index is 0.00930. The summed E-state index contributed by atoms with van der Waals surface area (Å²) >= 11 is 1.70. The van der Waals surface area contributed by atoms with E-state index in [2.05, 4.69) is 15.3 Å². The van der Waals surface area contributed by atoms with Crippen LogP contribution in [0.15, 0.2) is 23.6 Å². The van der Waals surface area contributed by atoms with Crippen LogP contribution in [0.3, 0.4) is 0 Å². The van der Waals surface area contributed by atoms with Crippen LogP contribution >= 0.6 is 11.8 Å². The first-order chi connectivity index (χ1) is 11.5. The van der Waals surface area contributed by atoms with Crippen molar-refractivity contribution in [2.24, 2.45) is 5.92 Å². The van der Waals surface area contributed by atoms with Gasteiger partial charge in [0.05, 0.1) is 17.4 Å². The van der Waals surface area contributed by atoms with Crippen LogP contribution in [0.1, 0.15) is 38.5 Å². The van der Waals surface area contributed by atoms with E-state index in [4.69, 9.17) is 0 Å². The molecule has 1 aliphatic carbocycles. The molecule has 1 amide bonds. The standard InChI is InChI=1S/C16H23N3O3S2/c20-15(12-3-1-10-24(21,22)11-12)19-13-4-6-14(7-5-13)23-16-17-8-2-9-18-16/h2,8-9,12-14H,1,3-7,10-11H2,(H,19,20). The Morgan fingerprint density at radius 3 is 2.50 bits per heavy atom. The average molecular weight is 370 g/mol. The first-order valence-electron chi connectivity index (χ1n) is 8.46. The Hall–Kier alpha value is -1.15. The molecule has 6 nitrogen and oxygen atoms in total. The molecule has 1 aromatic heterocycles. The van der Waals surface area contributed by atoms with Crippen LogP contribution in [-0.4, -0.2) is 47.1 Å². The van der Waals surface area contributed by atoms with Crippen molar-refractivity contribution in [3.8, 4) is 0 Å². The maximum absolute atomic E-state index is 12.3. The number of carbonyl (C=O) groups is 1. The van der Waals surface area contributed by atoms with Crippen molar-refractivity contribution in [1.29, 1.82) is 0 Å². The lowest BCUT2D eigenvalue weighted by Gasteiger charge is -2.30. The van der Waals surface area contributed by atoms with Gasteiger partial charge in [-0.2, -0.15) is 0 Å². The maximum Gasteiger partial charge on any atom is 0.224 e. The molecule has 0 radical (unpaired) electrons. The fraction of sp³-hybridized carbons (Fsp3) is 0.688. The van der Waals surface area contributed by atoms with Gasteiger partial charge in [0.2, 0.25) is 5.91 Å². The van der Waals surface area contributed by atoms with E-state index in [9.17, 15) is 13.2 Å². The number of aromatic nitrogens is 2. The highest BCUT2D eigenvalue weighted by molar-refractivity contribution is 7.99. The van der Waals surface area contributed by atoms with Gasteiger partial charge < -0.3 is 5.32 Å². The lowest BCUT2D eigenvalue weighted by Crippen LogP contribution is -2.44. The molecular weight excluding hydrogens is 346 g/mol. The number of sulfone groups is 1. The van der Waals surface area contributed by atoms with E-state index in [1.807, 2.05) is 6.07 Å². The second-order valence-corrected chi connectivity index (χ2v) is 10.1. The molecule has 0 aromatic carbocycles. The average Bonchev–Trinajstić information content (AvgIpc) is 2.57. The third-order valence-electron chi connectivity index (χ3n) is 4.67. The smallest absolute Gasteiger partial charge is 0.224 e. The first kappa shape index (κ1) is 17.7. The van der Waals surface area contributed by atoms with E-state index < -0.39 is 9.84 Å². The second kappa shape index (κ2) is 7.82. The van der Waals surface area contributed by atoms with Gasteiger partial charge in [0.15, 0.2) is 15.0 Å². The molecule has 2 fully saturated rings. The highest BCUT2D eigenvalue weighted by Gasteiger charge is 2.32. The summed E-state index contributed by atoms with van der Waals surface area (Å²) in [6.45, 7) is 0. The number of rotatable bonds is 4. The molecule has 2 heterocycles. The molecule has 0 bridgehead atoms. The van der Waals surface area contributed by atoms with Crippen LogP contribution < -0.4 is 5.32 Å². The topological polar surface area (TPSA) is 89.0 Å². The molecule has 1 saturated carbocycles. The number of carbonyl (C=O) groups excluding carboxylic acids is 1. The van der Waals surface area contributed by atoms with Crippen LogP contribution in [0.5, 0.6) is 0 Å². The van der Waals surface area contributed by atoms with Crippen molar-refractivity contribution in [3.63, 3.8) is 0 Å². The molecule has 1 aromatic rings. The van der Waals surface area contributed by atoms with E-state index in [0.717, 1.165) is 30.8 Å². The highest BCUT2D eigenvalue weighted by atomic mass is 32.2. The van der Waals surface area contributed by atoms with E-state index in [0.29, 0.717) is 18.1 Å². The zero-order chi connectivity index (χ0) is 17.0. The molecule has 1 N–H and O–H groups in total. The number of nitrogens with one attached hydrogen (secondary N) is 1. The number of amides is 1. The Balaban J connectivity index is 1.44. The Morgan fingerprint density at radius 2 is 1.83 bits per heavy atom. The van der Waals surface area contributed by atoms with Crippen molar-refractivity contribution < 1.29 is 13.2 Å². The molecule has 0 spiro atoms. The van der Waals surface area contributed by atoms with Gasteiger partial charge in [0, 0.05) is 23.7 Å². The number of nitrogens with zero attached hydrogens (tertiary/aromatic N) is 2. The molecule has 3 rings (SSSR count). The molecular formula is C16H23N3O3S2. The monoisotopic (exact) mass is 369 g/mol. The molecule has 1 aliphatic heterocycles. The summed E-state index contributed by atoms with van der Waals surface area (Å²) in [5.41, 5.74) is 0. The van der Waals surface area contributed by atoms with Crippen LogP contribution in [-0.2, 0) is 14.6 Å². The predicted octanol–water partition coefficient (Wildman–Crippen LogP) is 1.82. The summed E-state index contributed by atoms with van der Waals surface area (Å²) in [5.74, 6) is -0.217. The number of hydrogen-bond donors (Lipinski definition) is 1. The van der Waals surface area contributed by atoms with Gasteiger partial charge in [-0.25, -0.2) is 18.4 Å². The van der Waals surface area contributed by atoms with Crippen LogP contribution in [0.2, 0.25) is 0 Å². The molecule has 2 aliphatic rings. The van der Waals surface area contributed by atoms with Gasteiger partial charge in [-0.15, -0.1) is 0 Å². The minimum atomic E-state index is -3.04. The molecule has 1 saturated heterocycles. The molecule has 24 heavy (non-hydrogen) atoms. The number of hydrogen-bond acceptors (Lipinski definition) is 6. The van der Waals surface area contributed by atoms with Crippen LogP contribution in [0.25, 0.3) is 0 Å². The predicted molar refractivity (Wildman–Crippen MR) is 93.5 cm³/mol. The fourth-order valence-corrected chi connectivity index (χ4v) is 6.12. The Bertz CT molecular complexity index is 658. The number of thioether (sulfide) groups is 1. The first-order valence-corrected chi connectivity index (χ1v) is 11.2. The molecule has 1 unspecified atom stereocenters. The Morgan fingerprint density at radius 1 is 1.12 bits per heavy atom. The molecule has 132 valence electrons. The summed E-state index contributed by atoms with van der Waals surface area (Å²) in [4.78, 5) is 20.8. The van der Waals surface area contributed by atoms with E-state index in [-0.39, 0.29) is 29.4 Å². The zero-order valence-corrected chi connectivity index (χ0v) is 15.2. The van der Waals surface area contributed by atoms with Gasteiger partial charge in [0.1, 0.15) is 0 Å². The van der Waals surface area contributed by atoms with Crippen LogP contribution in [0.4, 0.5) is 0 Å². The van der Waals surface area contributed by atoms with Crippen molar-refractivity contribution in [1.82, 2.24) is 15.3 Å². The Labute approximate surface area is 147 Å². The van der Waals surface area contributed by atoms with Gasteiger partial charge in [-0.1, -0.05) is 11.8 Å². The van der Waals surface area contributed by atoms with Crippen LogP contribution in [0, 0.1) is 5.92 Å². The van der Waals surface area contributed by atoms with Crippen molar-refractivity contribution in [2.75, 3.05) is 11.5 Å². The molecule has 8 heteroatoms. The SMILES string of the molecule is O=C(NC1CCC(Sc2ncccn2)CC1)C1CCCS(=O)(=O)C1. The lowest BCUT2D eigenvalue weighted by atomic mass is 9.94. The van der Waals surface area contributed by atoms with Crippen molar-refractivity contribution in [2.45, 2.75) is 55.0 Å².